The van der Waals surface area contributed by atoms with Gasteiger partial charge in [0.25, 0.3) is 11.1 Å². The highest BCUT2D eigenvalue weighted by Gasteiger charge is 2.44. The van der Waals surface area contributed by atoms with E-state index in [1.165, 1.54) is 30.8 Å². The zero-order valence-electron chi connectivity index (χ0n) is 33.1. The van der Waals surface area contributed by atoms with Gasteiger partial charge in [0.2, 0.25) is 0 Å². The Hall–Kier alpha value is -4.69. The minimum atomic E-state index is -4.27. The van der Waals surface area contributed by atoms with E-state index in [0.717, 1.165) is 38.5 Å². The van der Waals surface area contributed by atoms with Gasteiger partial charge in [0.05, 0.1) is 43.1 Å². The molecule has 3 aromatic heterocycles. The average Bonchev–Trinajstić information content (AvgIpc) is 3.80. The summed E-state index contributed by atoms with van der Waals surface area (Å²) in [6.07, 6.45) is -1.58. The summed E-state index contributed by atoms with van der Waals surface area (Å²) in [5, 5.41) is 29.9. The molecule has 0 radical (unpaired) electrons. The number of ether oxygens (including phenoxy) is 3. The number of aromatic amines is 2. The quantitative estimate of drug-likeness (QED) is 0.0445. The normalized spacial score (nSPS) is 22.7. The Morgan fingerprint density at radius 3 is 2.23 bits per heavy atom. The summed E-state index contributed by atoms with van der Waals surface area (Å²) in [6.45, 7) is 2.85. The highest BCUT2D eigenvalue weighted by atomic mass is 35.5. The molecule has 2 fully saturated rings. The molecule has 7 rings (SSSR count). The van der Waals surface area contributed by atoms with Gasteiger partial charge in [-0.1, -0.05) is 18.0 Å². The Kier molecular flexibility index (Phi) is 13.4. The second-order valence-corrected chi connectivity index (χ2v) is 17.0. The first kappa shape index (κ1) is 43.4. The predicted octanol–water partition coefficient (Wildman–Crippen LogP) is 3.38. The first-order valence-corrected chi connectivity index (χ1v) is 21.4. The van der Waals surface area contributed by atoms with Crippen LogP contribution in [0.3, 0.4) is 0 Å². The van der Waals surface area contributed by atoms with Crippen LogP contribution < -0.4 is 37.6 Å². The van der Waals surface area contributed by atoms with E-state index in [4.69, 9.17) is 39.8 Å². The van der Waals surface area contributed by atoms with E-state index < -0.39 is 80.3 Å². The van der Waals surface area contributed by atoms with Crippen LogP contribution in [0.2, 0.25) is 5.02 Å². The second kappa shape index (κ2) is 18.5. The minimum absolute atomic E-state index is 0.0174. The Morgan fingerprint density at radius 1 is 0.883 bits per heavy atom. The zero-order valence-corrected chi connectivity index (χ0v) is 34.7. The number of pyridine rings is 1. The van der Waals surface area contributed by atoms with Crippen molar-refractivity contribution in [3.63, 3.8) is 0 Å². The summed E-state index contributed by atoms with van der Waals surface area (Å²) in [6, 6.07) is 11.2. The average molecular weight is 872 g/mol. The first-order chi connectivity index (χ1) is 28.7. The fraction of sp³-hybridized carbons (Fsp3) is 0.462. The molecule has 2 aliphatic rings. The second-order valence-electron chi connectivity index (χ2n) is 14.8. The largest absolute Gasteiger partial charge is 0.497 e. The number of halogens is 1. The number of anilines is 1. The molecule has 19 nitrogen and oxygen atoms in total. The third-order valence-electron chi connectivity index (χ3n) is 10.6. The molecule has 2 aliphatic heterocycles. The van der Waals surface area contributed by atoms with E-state index in [2.05, 4.69) is 20.4 Å². The molecule has 2 aromatic carbocycles. The van der Waals surface area contributed by atoms with Crippen LogP contribution in [0, 0.1) is 13.8 Å². The molecule has 5 aromatic rings. The highest BCUT2D eigenvalue weighted by molar-refractivity contribution is 7.51. The Labute approximate surface area is 347 Å². The van der Waals surface area contributed by atoms with Gasteiger partial charge in [-0.2, -0.15) is 0 Å². The molecular weight excluding hydrogens is 825 g/mol. The van der Waals surface area contributed by atoms with E-state index >= 15 is 0 Å². The molecular formula is C39H47ClN7O12P. The fourth-order valence-corrected chi connectivity index (χ4v) is 9.06. The van der Waals surface area contributed by atoms with E-state index in [-0.39, 0.29) is 30.5 Å². The molecule has 7 atom stereocenters. The fourth-order valence-electron chi connectivity index (χ4n) is 7.32. The van der Waals surface area contributed by atoms with Crippen LogP contribution in [-0.4, -0.2) is 92.1 Å². The van der Waals surface area contributed by atoms with Gasteiger partial charge in [-0.05, 0) is 63.1 Å². The molecule has 0 unspecified atom stereocenters. The van der Waals surface area contributed by atoms with Crippen molar-refractivity contribution >= 4 is 46.8 Å². The smallest absolute Gasteiger partial charge is 0.405 e. The third-order valence-corrected chi connectivity index (χ3v) is 12.4. The number of aliphatic hydroxyl groups is 2. The van der Waals surface area contributed by atoms with Crippen LogP contribution in [0.25, 0.3) is 21.8 Å². The van der Waals surface area contributed by atoms with Crippen molar-refractivity contribution in [2.24, 2.45) is 0 Å². The minimum Gasteiger partial charge on any atom is -0.497 e. The Morgan fingerprint density at radius 2 is 1.55 bits per heavy atom. The number of hydrogen-bond donors (Lipinski definition) is 6. The molecule has 0 spiro atoms. The lowest BCUT2D eigenvalue weighted by Gasteiger charge is -2.26. The number of hydrogen-bond acceptors (Lipinski definition) is 14. The van der Waals surface area contributed by atoms with Gasteiger partial charge in [-0.15, -0.1) is 0 Å². The highest BCUT2D eigenvalue weighted by Crippen LogP contribution is 2.49. The van der Waals surface area contributed by atoms with Crippen molar-refractivity contribution in [3.8, 4) is 5.75 Å². The lowest BCUT2D eigenvalue weighted by atomic mass is 10.1. The van der Waals surface area contributed by atoms with E-state index in [1.54, 1.807) is 7.11 Å². The van der Waals surface area contributed by atoms with Crippen molar-refractivity contribution in [1.29, 1.82) is 0 Å². The number of H-pyrrole nitrogens is 2. The number of aryl methyl sites for hydroxylation is 2. The van der Waals surface area contributed by atoms with Crippen molar-refractivity contribution in [2.45, 2.75) is 82.8 Å². The summed E-state index contributed by atoms with van der Waals surface area (Å²) >= 11 is 6.29. The van der Waals surface area contributed by atoms with Crippen LogP contribution in [-0.2, 0) is 23.1 Å². The number of unbranched alkanes of at least 4 members (excludes halogenated alkanes) is 2. The zero-order chi connectivity index (χ0) is 42.7. The number of nitrogens with one attached hydrogen (secondary N) is 4. The van der Waals surface area contributed by atoms with Crippen molar-refractivity contribution < 1.29 is 38.0 Å². The van der Waals surface area contributed by atoms with Crippen LogP contribution in [0.1, 0.15) is 55.7 Å². The molecule has 6 N–H and O–H groups in total. The van der Waals surface area contributed by atoms with Crippen LogP contribution in [0.5, 0.6) is 5.75 Å². The monoisotopic (exact) mass is 871 g/mol. The van der Waals surface area contributed by atoms with Crippen LogP contribution >= 0.6 is 19.3 Å². The van der Waals surface area contributed by atoms with Crippen LogP contribution in [0.4, 0.5) is 5.69 Å². The number of nitrogens with zero attached hydrogens (tertiary/aromatic N) is 3. The van der Waals surface area contributed by atoms with Gasteiger partial charge < -0.3 is 29.7 Å². The number of aliphatic hydroxyl groups excluding tert-OH is 2. The number of aromatic nitrogens is 5. The summed E-state index contributed by atoms with van der Waals surface area (Å²) in [5.74, 6) is 0.694. The maximum atomic E-state index is 14.5. The van der Waals surface area contributed by atoms with Gasteiger partial charge in [0.1, 0.15) is 36.5 Å². The van der Waals surface area contributed by atoms with E-state index in [0.29, 0.717) is 30.2 Å². The van der Waals surface area contributed by atoms with Crippen molar-refractivity contribution in [1.82, 2.24) is 29.2 Å². The predicted molar refractivity (Wildman–Crippen MR) is 222 cm³/mol. The van der Waals surface area contributed by atoms with Crippen molar-refractivity contribution in [3.05, 3.63) is 107 Å². The summed E-state index contributed by atoms with van der Waals surface area (Å²) in [5.41, 5.74) is 0.406. The Balaban J connectivity index is 1.02. The molecule has 5 heterocycles. The maximum absolute atomic E-state index is 14.5. The molecule has 0 saturated carbocycles. The summed E-state index contributed by atoms with van der Waals surface area (Å²) < 4.78 is 46.1. The van der Waals surface area contributed by atoms with E-state index in [9.17, 15) is 34.0 Å². The lowest BCUT2D eigenvalue weighted by molar-refractivity contribution is -0.0533. The standard InChI is InChI=1S/C39H47ClN7O12P/c1-21-17-46(38(52)44-36(21)50)33-15-29(49)32(58-33)20-56-60(54,59-30-16-34(57-31(30)19-48)47-18-22(2)37(51)45-39(47)53)42-12-6-4-5-11-41-35-25-9-7-23(40)13-28(25)43-27-10-8-24(55-3)14-26(27)35/h7-10,13-14,17-18,29-34,48-49H,4-6,11-12,15-16,19-20H2,1-3H3,(H,41,43)(H,42,54)(H,44,50,52)(H,45,51,53)/t29-,30-,31+,32+,33+,34+,60+/m0/s1. The molecule has 0 bridgehead atoms. The molecule has 0 amide bonds. The number of rotatable bonds is 17. The summed E-state index contributed by atoms with van der Waals surface area (Å²) in [4.78, 5) is 58.3. The van der Waals surface area contributed by atoms with Crippen molar-refractivity contribution in [2.75, 3.05) is 38.7 Å². The number of methoxy groups -OCH3 is 1. The molecule has 2 saturated heterocycles. The van der Waals surface area contributed by atoms with Gasteiger partial charge in [-0.25, -0.2) is 24.2 Å². The SMILES string of the molecule is COc1ccc2nc3cc(Cl)ccc3c(NCCCCCN[P@@](=O)(OC[C@H]3O[C@@H](n4cc(C)c(=O)[nH]c4=O)C[C@@H]3O)O[C@H]3C[C@H](n4cc(C)c(=O)[nH]c4=O)O[C@@H]3CO)c2c1. The lowest BCUT2D eigenvalue weighted by Crippen LogP contribution is -2.34. The topological polar surface area (TPSA) is 250 Å². The molecule has 21 heteroatoms. The summed E-state index contributed by atoms with van der Waals surface area (Å²) in [7, 11) is -2.66. The molecule has 322 valence electrons. The van der Waals surface area contributed by atoms with Crippen LogP contribution in [0.15, 0.2) is 68.0 Å². The first-order valence-electron chi connectivity index (χ1n) is 19.5. The maximum Gasteiger partial charge on any atom is 0.405 e. The van der Waals surface area contributed by atoms with Gasteiger partial charge in [0.15, 0.2) is 0 Å². The molecule has 60 heavy (non-hydrogen) atoms. The third kappa shape index (κ3) is 9.59. The Bertz CT molecular complexity index is 2650. The van der Waals surface area contributed by atoms with Gasteiger partial charge >= 0.3 is 19.1 Å². The number of fused-ring (bicyclic) bond motifs is 2. The van der Waals surface area contributed by atoms with Gasteiger partial charge in [-0.3, -0.25) is 37.7 Å². The van der Waals surface area contributed by atoms with Gasteiger partial charge in [0, 0.05) is 65.2 Å². The molecule has 0 aliphatic carbocycles. The van der Waals surface area contributed by atoms with E-state index in [1.807, 2.05) is 36.4 Å². The number of benzene rings is 2.